The van der Waals surface area contributed by atoms with Crippen molar-refractivity contribution >= 4 is 11.9 Å². The Hall–Kier alpha value is -1.66. The molecule has 0 radical (unpaired) electrons. The van der Waals surface area contributed by atoms with Crippen LogP contribution in [-0.2, 0) is 19.1 Å². The third-order valence-electron chi connectivity index (χ3n) is 17.5. The second-order valence-electron chi connectivity index (χ2n) is 20.0. The Morgan fingerprint density at radius 2 is 0.913 bits per heavy atom. The van der Waals surface area contributed by atoms with Crippen molar-refractivity contribution in [3.63, 3.8) is 0 Å². The predicted molar refractivity (Wildman–Crippen MR) is 173 cm³/mol. The number of ether oxygens (including phenoxy) is 2. The minimum absolute atomic E-state index is 0.0118. The van der Waals surface area contributed by atoms with Crippen molar-refractivity contribution in [2.75, 3.05) is 0 Å². The van der Waals surface area contributed by atoms with Crippen LogP contribution < -0.4 is 0 Å². The molecule has 6 nitrogen and oxygen atoms in total. The van der Waals surface area contributed by atoms with E-state index in [-0.39, 0.29) is 69.9 Å². The highest BCUT2D eigenvalue weighted by atomic mass is 16.6. The van der Waals surface area contributed by atoms with Crippen LogP contribution in [0.2, 0.25) is 0 Å². The number of hydrogen-bond acceptors (Lipinski definition) is 6. The van der Waals surface area contributed by atoms with Crippen LogP contribution in [0.4, 0.5) is 0 Å². The van der Waals surface area contributed by atoms with Crippen molar-refractivity contribution in [1.82, 2.24) is 0 Å². The van der Waals surface area contributed by atoms with E-state index in [0.29, 0.717) is 23.7 Å². The monoisotopic (exact) mass is 632 g/mol. The van der Waals surface area contributed by atoms with Gasteiger partial charge in [0.15, 0.2) is 0 Å². The van der Waals surface area contributed by atoms with Gasteiger partial charge in [-0.1, -0.05) is 38.8 Å². The standard InChI is InChI=1S/2C20H28O3/c2*1-17-4-6-20(7-5-17)12(9-17)8-14-15-18(2,16(22)23-14)10-13(21)11-19(15,20)3/h2*8,13-15,21H,4-7,9-11H2,1-3H3/t2*13-,14+,15-,17?,18-,19-,20?/m00/s1. The maximum Gasteiger partial charge on any atom is 0.312 e. The van der Waals surface area contributed by atoms with Gasteiger partial charge in [0.1, 0.15) is 12.2 Å². The number of aliphatic hydroxyl groups excluding tert-OH is 2. The van der Waals surface area contributed by atoms with Gasteiger partial charge in [-0.2, -0.15) is 0 Å². The summed E-state index contributed by atoms with van der Waals surface area (Å²) in [5.41, 5.74) is 3.33. The van der Waals surface area contributed by atoms with Gasteiger partial charge in [0, 0.05) is 11.8 Å². The highest BCUT2D eigenvalue weighted by Gasteiger charge is 2.74. The SMILES string of the molecule is CC12CCC3(CC1)C(=C[C@H]1OC(=O)[C@@]4(C)C[C@H](O)C[C@@]3(C)[C@@H]14)C2.CC12CCC3(CC1)C(=C[C@H]1OC(=O)[C@@]4(C)C[C@H](O)C[C@@]3(C)[C@@H]14)C2. The molecule has 8 saturated carbocycles. The number of aliphatic hydroxyl groups is 2. The summed E-state index contributed by atoms with van der Waals surface area (Å²) in [6, 6.07) is 0. The van der Waals surface area contributed by atoms with Crippen molar-refractivity contribution in [2.45, 2.75) is 156 Å². The van der Waals surface area contributed by atoms with E-state index in [2.05, 4.69) is 39.8 Å². The van der Waals surface area contributed by atoms with Crippen LogP contribution >= 0.6 is 0 Å². The quantitative estimate of drug-likeness (QED) is 0.217. The van der Waals surface area contributed by atoms with Crippen LogP contribution in [0.3, 0.4) is 0 Å². The van der Waals surface area contributed by atoms with Crippen LogP contribution in [0.25, 0.3) is 0 Å². The van der Waals surface area contributed by atoms with E-state index in [1.807, 2.05) is 13.8 Å². The fourth-order valence-corrected chi connectivity index (χ4v) is 15.3. The number of carbonyl (C=O) groups excluding carboxylic acids is 2. The molecule has 0 amide bonds. The third-order valence-corrected chi connectivity index (χ3v) is 17.5. The van der Waals surface area contributed by atoms with Crippen molar-refractivity contribution in [2.24, 2.45) is 55.2 Å². The van der Waals surface area contributed by atoms with Crippen LogP contribution in [0.15, 0.2) is 23.3 Å². The smallest absolute Gasteiger partial charge is 0.312 e. The minimum Gasteiger partial charge on any atom is -0.457 e. The molecule has 4 bridgehead atoms. The van der Waals surface area contributed by atoms with Gasteiger partial charge >= 0.3 is 11.9 Å². The summed E-state index contributed by atoms with van der Waals surface area (Å²) in [5, 5.41) is 21.3. The van der Waals surface area contributed by atoms with E-state index in [1.54, 1.807) is 11.1 Å². The molecule has 10 fully saturated rings. The molecule has 2 spiro atoms. The first-order valence-electron chi connectivity index (χ1n) is 18.7. The topological polar surface area (TPSA) is 93.1 Å². The normalized spacial score (nSPS) is 59.9. The van der Waals surface area contributed by atoms with E-state index < -0.39 is 10.8 Å². The molecule has 6 heteroatoms. The van der Waals surface area contributed by atoms with Gasteiger partial charge in [-0.25, -0.2) is 0 Å². The van der Waals surface area contributed by atoms with E-state index in [0.717, 1.165) is 25.7 Å². The molecule has 252 valence electrons. The zero-order valence-electron chi connectivity index (χ0n) is 29.0. The molecular formula is C40H56O6. The summed E-state index contributed by atoms with van der Waals surface area (Å²) in [5.74, 6) is 0.310. The van der Waals surface area contributed by atoms with Gasteiger partial charge in [-0.15, -0.1) is 0 Å². The fraction of sp³-hybridized carbons (Fsp3) is 0.850. The zero-order valence-corrected chi connectivity index (χ0v) is 29.0. The fourth-order valence-electron chi connectivity index (χ4n) is 15.3. The Labute approximate surface area is 275 Å². The van der Waals surface area contributed by atoms with E-state index in [9.17, 15) is 19.8 Å². The first kappa shape index (κ1) is 30.4. The Bertz CT molecular complexity index is 1360. The third kappa shape index (κ3) is 3.38. The molecule has 46 heavy (non-hydrogen) atoms. The molecule has 12 aliphatic rings. The largest absolute Gasteiger partial charge is 0.457 e. The molecule has 10 atom stereocenters. The Morgan fingerprint density at radius 3 is 1.26 bits per heavy atom. The Kier molecular flexibility index (Phi) is 5.77. The summed E-state index contributed by atoms with van der Waals surface area (Å²) in [4.78, 5) is 25.3. The number of rotatable bonds is 0. The summed E-state index contributed by atoms with van der Waals surface area (Å²) in [6.45, 7) is 13.7. The Balaban J connectivity index is 0.000000127. The number of esters is 2. The van der Waals surface area contributed by atoms with Gasteiger partial charge in [-0.3, -0.25) is 9.59 Å². The maximum atomic E-state index is 12.7. The number of carbonyl (C=O) groups is 2. The first-order valence-corrected chi connectivity index (χ1v) is 18.7. The molecular weight excluding hydrogens is 576 g/mol. The van der Waals surface area contributed by atoms with Gasteiger partial charge in [0.2, 0.25) is 0 Å². The molecule has 0 unspecified atom stereocenters. The highest BCUT2D eigenvalue weighted by Crippen LogP contribution is 2.77. The maximum absolute atomic E-state index is 12.7. The summed E-state index contributed by atoms with van der Waals surface area (Å²) in [7, 11) is 0. The number of allylic oxidation sites excluding steroid dienone is 2. The number of fused-ring (bicyclic) bond motifs is 4. The van der Waals surface area contributed by atoms with Crippen molar-refractivity contribution in [3.8, 4) is 0 Å². The molecule has 2 heterocycles. The molecule has 0 aromatic rings. The van der Waals surface area contributed by atoms with Crippen LogP contribution in [0.5, 0.6) is 0 Å². The molecule has 0 aromatic carbocycles. The number of hydrogen-bond donors (Lipinski definition) is 2. The highest BCUT2D eigenvalue weighted by molar-refractivity contribution is 5.81. The first-order chi connectivity index (χ1) is 21.5. The molecule has 2 saturated heterocycles. The molecule has 2 N–H and O–H groups in total. The average molecular weight is 633 g/mol. The van der Waals surface area contributed by atoms with Gasteiger partial charge in [0.05, 0.1) is 23.0 Å². The van der Waals surface area contributed by atoms with Crippen LogP contribution in [0.1, 0.15) is 131 Å². The van der Waals surface area contributed by atoms with Gasteiger partial charge in [0.25, 0.3) is 0 Å². The van der Waals surface area contributed by atoms with Crippen LogP contribution in [-0.4, -0.2) is 46.6 Å². The molecule has 0 aromatic heterocycles. The van der Waals surface area contributed by atoms with Crippen molar-refractivity contribution < 1.29 is 29.3 Å². The van der Waals surface area contributed by atoms with Gasteiger partial charge in [-0.05, 0) is 148 Å². The molecule has 12 rings (SSSR count). The molecule has 2 aliphatic heterocycles. The van der Waals surface area contributed by atoms with Gasteiger partial charge < -0.3 is 19.7 Å². The second kappa shape index (κ2) is 8.73. The van der Waals surface area contributed by atoms with E-state index in [1.165, 1.54) is 51.4 Å². The lowest BCUT2D eigenvalue weighted by Crippen LogP contribution is -2.63. The lowest BCUT2D eigenvalue weighted by Gasteiger charge is -2.68. The summed E-state index contributed by atoms with van der Waals surface area (Å²) in [6.07, 6.45) is 19.0. The van der Waals surface area contributed by atoms with Crippen LogP contribution in [0, 0.1) is 55.2 Å². The van der Waals surface area contributed by atoms with Crippen molar-refractivity contribution in [1.29, 1.82) is 0 Å². The van der Waals surface area contributed by atoms with E-state index in [4.69, 9.17) is 9.47 Å². The zero-order chi connectivity index (χ0) is 32.5. The average Bonchev–Trinajstić information content (AvgIpc) is 3.36. The summed E-state index contributed by atoms with van der Waals surface area (Å²) >= 11 is 0. The lowest BCUT2D eigenvalue weighted by atomic mass is 9.36. The predicted octanol–water partition coefficient (Wildman–Crippen LogP) is 7.21. The Morgan fingerprint density at radius 1 is 0.565 bits per heavy atom. The second-order valence-corrected chi connectivity index (χ2v) is 20.0. The summed E-state index contributed by atoms with van der Waals surface area (Å²) < 4.78 is 11.7. The minimum atomic E-state index is -0.508. The van der Waals surface area contributed by atoms with Crippen molar-refractivity contribution in [3.05, 3.63) is 23.3 Å². The lowest BCUT2D eigenvalue weighted by molar-refractivity contribution is -0.165. The molecule has 10 aliphatic carbocycles. The van der Waals surface area contributed by atoms with E-state index >= 15 is 0 Å².